The van der Waals surface area contributed by atoms with Gasteiger partial charge in [0, 0.05) is 38.8 Å². The number of thioether (sulfide) groups is 1. The maximum Gasteiger partial charge on any atom is 0.416 e. The number of nitrogens with zero attached hydrogens (tertiary/aromatic N) is 2. The number of H-pyrrole nitrogens is 1. The highest BCUT2D eigenvalue weighted by Gasteiger charge is 2.70. The molecule has 2 saturated carbocycles. The van der Waals surface area contributed by atoms with Gasteiger partial charge in [-0.3, -0.25) is 29.4 Å². The summed E-state index contributed by atoms with van der Waals surface area (Å²) in [4.78, 5) is 56.3. The summed E-state index contributed by atoms with van der Waals surface area (Å²) in [5.74, 6) is -3.84. The normalized spacial score (nSPS) is 27.2. The standard InChI is InChI=1S/C33H23ClF3N3O6S2/c34-16-5-1-3-14(9-16)13-46-22-8-7-18(40(44)45)11-19(22)23-24-20-12-21(27(24)47-29-28(23)48-32(43)38-29)26-25(20)30(41)39(31(26)42)17-6-2-4-15(10-17)33(35,36)37/h1-11,20-21,23-27H,12-13H2,(H,38,43)/t20?,21?,23-,24?,25?,26?,27?/m1/s1. The Morgan fingerprint density at radius 2 is 1.75 bits per heavy atom. The molecule has 1 N–H and O–H groups in total. The summed E-state index contributed by atoms with van der Waals surface area (Å²) < 4.78 is 46.9. The summed E-state index contributed by atoms with van der Waals surface area (Å²) in [6.07, 6.45) is -4.14. The van der Waals surface area contributed by atoms with Crippen LogP contribution >= 0.6 is 34.7 Å². The summed E-state index contributed by atoms with van der Waals surface area (Å²) in [5.41, 5.74) is -0.0193. The van der Waals surface area contributed by atoms with Crippen LogP contribution in [0.4, 0.5) is 24.5 Å². The van der Waals surface area contributed by atoms with Crippen molar-refractivity contribution in [2.75, 3.05) is 4.90 Å². The van der Waals surface area contributed by atoms with Gasteiger partial charge in [-0.25, -0.2) is 0 Å². The van der Waals surface area contributed by atoms with E-state index in [1.54, 1.807) is 18.2 Å². The molecule has 15 heteroatoms. The lowest BCUT2D eigenvalue weighted by molar-refractivity contribution is -0.385. The average molecular weight is 714 g/mol. The molecule has 2 aliphatic heterocycles. The molecule has 246 valence electrons. The van der Waals surface area contributed by atoms with E-state index in [2.05, 4.69) is 4.98 Å². The molecule has 1 aromatic heterocycles. The van der Waals surface area contributed by atoms with E-state index >= 15 is 0 Å². The number of alkyl halides is 3. The van der Waals surface area contributed by atoms with E-state index in [4.69, 9.17) is 16.3 Å². The Balaban J connectivity index is 1.21. The van der Waals surface area contributed by atoms with Crippen molar-refractivity contribution >= 4 is 57.9 Å². The van der Waals surface area contributed by atoms with Crippen molar-refractivity contribution in [3.63, 3.8) is 0 Å². The minimum atomic E-state index is -4.66. The van der Waals surface area contributed by atoms with Gasteiger partial charge in [0.25, 0.3) is 5.69 Å². The molecule has 1 saturated heterocycles. The maximum absolute atomic E-state index is 14.1. The van der Waals surface area contributed by atoms with Gasteiger partial charge in [-0.15, -0.1) is 11.8 Å². The van der Waals surface area contributed by atoms with Crippen LogP contribution in [0.2, 0.25) is 5.02 Å². The third kappa shape index (κ3) is 4.86. The Morgan fingerprint density at radius 1 is 1.00 bits per heavy atom. The van der Waals surface area contributed by atoms with Crippen molar-refractivity contribution in [1.82, 2.24) is 4.98 Å². The molecule has 2 aliphatic carbocycles. The van der Waals surface area contributed by atoms with E-state index in [1.165, 1.54) is 42.1 Å². The van der Waals surface area contributed by atoms with Gasteiger partial charge in [-0.2, -0.15) is 13.2 Å². The molecular weight excluding hydrogens is 691 g/mol. The van der Waals surface area contributed by atoms with E-state index in [0.717, 1.165) is 33.9 Å². The zero-order valence-corrected chi connectivity index (χ0v) is 26.9. The molecule has 3 fully saturated rings. The Kier molecular flexibility index (Phi) is 7.27. The number of nitrogens with one attached hydrogen (secondary N) is 1. The monoisotopic (exact) mass is 713 g/mol. The summed E-state index contributed by atoms with van der Waals surface area (Å²) >= 11 is 8.59. The highest BCUT2D eigenvalue weighted by Crippen LogP contribution is 2.69. The van der Waals surface area contributed by atoms with Gasteiger partial charge in [-0.1, -0.05) is 41.1 Å². The Labute approximate surface area is 283 Å². The lowest BCUT2D eigenvalue weighted by atomic mass is 9.68. The maximum atomic E-state index is 14.1. The zero-order chi connectivity index (χ0) is 33.6. The topological polar surface area (TPSA) is 123 Å². The summed E-state index contributed by atoms with van der Waals surface area (Å²) in [6.45, 7) is 0.104. The van der Waals surface area contributed by atoms with Crippen LogP contribution in [0.5, 0.6) is 5.75 Å². The number of carbonyl (C=O) groups excluding carboxylic acids is 2. The van der Waals surface area contributed by atoms with Crippen molar-refractivity contribution in [2.24, 2.45) is 29.6 Å². The second-order valence-corrected chi connectivity index (χ2v) is 15.1. The van der Waals surface area contributed by atoms with E-state index in [1.807, 2.05) is 6.07 Å². The van der Waals surface area contributed by atoms with Crippen LogP contribution in [0.3, 0.4) is 0 Å². The van der Waals surface area contributed by atoms with Crippen LogP contribution < -0.4 is 14.5 Å². The van der Waals surface area contributed by atoms with Crippen molar-refractivity contribution in [3.8, 4) is 5.75 Å². The number of fused-ring (bicyclic) bond motifs is 9. The SMILES string of the molecule is O=C1C2C3CC(C2C(=O)N1c1cccc(C(F)(F)F)c1)C1C3Sc2[nH]c(=O)sc2[C@@H]1c1cc([N+](=O)[O-])ccc1OCc1cccc(Cl)c1. The molecule has 7 atom stereocenters. The number of carbonyl (C=O) groups is 2. The summed E-state index contributed by atoms with van der Waals surface area (Å²) in [6, 6.07) is 15.6. The van der Waals surface area contributed by atoms with Crippen molar-refractivity contribution in [3.05, 3.63) is 113 Å². The molecular formula is C33H23ClF3N3O6S2. The number of hydrogen-bond donors (Lipinski definition) is 1. The van der Waals surface area contributed by atoms with Crippen LogP contribution in [0.15, 0.2) is 76.6 Å². The number of anilines is 1. The third-order valence-electron chi connectivity index (χ3n) is 9.98. The fourth-order valence-electron chi connectivity index (χ4n) is 8.25. The molecule has 3 heterocycles. The van der Waals surface area contributed by atoms with Gasteiger partial charge in [-0.05, 0) is 66.1 Å². The van der Waals surface area contributed by atoms with Gasteiger partial charge in [0.2, 0.25) is 11.8 Å². The average Bonchev–Trinajstić information content (AvgIpc) is 3.78. The van der Waals surface area contributed by atoms with Gasteiger partial charge >= 0.3 is 11.0 Å². The second kappa shape index (κ2) is 11.2. The Hall–Kier alpha value is -4.14. The Morgan fingerprint density at radius 3 is 2.48 bits per heavy atom. The molecule has 48 heavy (non-hydrogen) atoms. The van der Waals surface area contributed by atoms with E-state index < -0.39 is 46.2 Å². The van der Waals surface area contributed by atoms with Crippen LogP contribution in [0.25, 0.3) is 0 Å². The smallest absolute Gasteiger partial charge is 0.416 e. The summed E-state index contributed by atoms with van der Waals surface area (Å²) in [7, 11) is 0. The number of benzene rings is 3. The molecule has 8 rings (SSSR count). The number of halogens is 4. The first-order valence-electron chi connectivity index (χ1n) is 15.0. The number of aromatic amines is 1. The quantitative estimate of drug-likeness (QED) is 0.127. The van der Waals surface area contributed by atoms with Gasteiger partial charge < -0.3 is 9.72 Å². The number of rotatable bonds is 6. The second-order valence-electron chi connectivity index (χ2n) is 12.4. The van der Waals surface area contributed by atoms with E-state index in [9.17, 15) is 37.7 Å². The van der Waals surface area contributed by atoms with Gasteiger partial charge in [0.1, 0.15) is 12.4 Å². The predicted octanol–water partition coefficient (Wildman–Crippen LogP) is 7.27. The minimum absolute atomic E-state index is 0.104. The molecule has 9 nitrogen and oxygen atoms in total. The number of nitro groups is 1. The number of hydrogen-bond acceptors (Lipinski definition) is 8. The predicted molar refractivity (Wildman–Crippen MR) is 171 cm³/mol. The zero-order valence-electron chi connectivity index (χ0n) is 24.5. The van der Waals surface area contributed by atoms with Crippen LogP contribution in [-0.2, 0) is 22.4 Å². The first-order valence-corrected chi connectivity index (χ1v) is 17.1. The van der Waals surface area contributed by atoms with E-state index in [0.29, 0.717) is 32.7 Å². The number of non-ortho nitro benzene ring substituents is 1. The first-order chi connectivity index (χ1) is 22.9. The number of aromatic nitrogens is 1. The lowest BCUT2D eigenvalue weighted by Gasteiger charge is -2.43. The van der Waals surface area contributed by atoms with Crippen molar-refractivity contribution < 1.29 is 32.4 Å². The van der Waals surface area contributed by atoms with Gasteiger partial charge in [0.05, 0.1) is 33.0 Å². The van der Waals surface area contributed by atoms with Crippen LogP contribution in [0, 0.1) is 39.7 Å². The molecule has 3 aromatic carbocycles. The van der Waals surface area contributed by atoms with Crippen LogP contribution in [0.1, 0.15) is 33.9 Å². The third-order valence-corrected chi connectivity index (χ3v) is 12.8. The number of amides is 2. The number of imide groups is 1. The highest BCUT2D eigenvalue weighted by atomic mass is 35.5. The highest BCUT2D eigenvalue weighted by molar-refractivity contribution is 8.00. The van der Waals surface area contributed by atoms with Gasteiger partial charge in [0.15, 0.2) is 0 Å². The number of nitro benzene ring substituents is 1. The minimum Gasteiger partial charge on any atom is -0.489 e. The van der Waals surface area contributed by atoms with Crippen molar-refractivity contribution in [2.45, 2.75) is 35.4 Å². The molecule has 6 unspecified atom stereocenters. The molecule has 0 spiro atoms. The molecule has 2 bridgehead atoms. The first kappa shape index (κ1) is 31.1. The van der Waals surface area contributed by atoms with Crippen LogP contribution in [-0.4, -0.2) is 27.0 Å². The largest absolute Gasteiger partial charge is 0.489 e. The lowest BCUT2D eigenvalue weighted by Crippen LogP contribution is -2.42. The molecule has 4 aliphatic rings. The molecule has 2 amide bonds. The summed E-state index contributed by atoms with van der Waals surface area (Å²) in [5, 5.41) is 12.8. The van der Waals surface area contributed by atoms with Crippen molar-refractivity contribution in [1.29, 1.82) is 0 Å². The fraction of sp³-hybridized carbons (Fsp3) is 0.303. The van der Waals surface area contributed by atoms with E-state index in [-0.39, 0.29) is 45.9 Å². The molecule has 0 radical (unpaired) electrons. The number of ether oxygens (including phenoxy) is 1. The molecule has 4 aromatic rings. The fourth-order valence-corrected chi connectivity index (χ4v) is 11.3. The Bertz CT molecular complexity index is 2090. The number of thiazole rings is 1.